The van der Waals surface area contributed by atoms with Crippen LogP contribution in [0.4, 0.5) is 4.79 Å². The SMILES string of the molecule is CC(C)(C)OC(=O)OCC[Si](C)(C)C. The summed E-state index contributed by atoms with van der Waals surface area (Å²) in [5.74, 6) is 0. The lowest BCUT2D eigenvalue weighted by Crippen LogP contribution is -2.27. The van der Waals surface area contributed by atoms with Crippen LogP contribution in [-0.2, 0) is 9.47 Å². The van der Waals surface area contributed by atoms with Gasteiger partial charge in [0.15, 0.2) is 0 Å². The highest BCUT2D eigenvalue weighted by Gasteiger charge is 2.18. The molecule has 14 heavy (non-hydrogen) atoms. The molecule has 0 saturated carbocycles. The van der Waals surface area contributed by atoms with Crippen molar-refractivity contribution in [3.63, 3.8) is 0 Å². The van der Waals surface area contributed by atoms with Crippen LogP contribution < -0.4 is 0 Å². The maximum Gasteiger partial charge on any atom is 0.508 e. The number of carbonyl (C=O) groups excluding carboxylic acids is 1. The minimum atomic E-state index is -1.12. The molecular weight excluding hydrogens is 196 g/mol. The number of hydrogen-bond donors (Lipinski definition) is 0. The Kier molecular flexibility index (Phi) is 4.64. The van der Waals surface area contributed by atoms with E-state index in [0.29, 0.717) is 6.61 Å². The van der Waals surface area contributed by atoms with Crippen molar-refractivity contribution in [1.82, 2.24) is 0 Å². The van der Waals surface area contributed by atoms with Crippen molar-refractivity contribution in [3.8, 4) is 0 Å². The fourth-order valence-corrected chi connectivity index (χ4v) is 1.43. The predicted molar refractivity (Wildman–Crippen MR) is 60.3 cm³/mol. The summed E-state index contributed by atoms with van der Waals surface area (Å²) in [6, 6.07) is 0.978. The van der Waals surface area contributed by atoms with Gasteiger partial charge in [0.05, 0.1) is 6.61 Å². The molecule has 0 radical (unpaired) electrons. The summed E-state index contributed by atoms with van der Waals surface area (Å²) in [6.07, 6.45) is -0.559. The van der Waals surface area contributed by atoms with Gasteiger partial charge in [0.25, 0.3) is 0 Å². The molecule has 4 heteroatoms. The van der Waals surface area contributed by atoms with Gasteiger partial charge in [-0.1, -0.05) is 19.6 Å². The summed E-state index contributed by atoms with van der Waals surface area (Å²) >= 11 is 0. The maximum absolute atomic E-state index is 11.1. The van der Waals surface area contributed by atoms with E-state index in [4.69, 9.17) is 9.47 Å². The van der Waals surface area contributed by atoms with E-state index in [9.17, 15) is 4.79 Å². The largest absolute Gasteiger partial charge is 0.508 e. The lowest BCUT2D eigenvalue weighted by atomic mass is 10.2. The molecule has 0 N–H and O–H groups in total. The zero-order chi connectivity index (χ0) is 11.4. The molecule has 0 aliphatic carbocycles. The lowest BCUT2D eigenvalue weighted by molar-refractivity contribution is -0.00499. The van der Waals surface area contributed by atoms with Gasteiger partial charge in [-0.25, -0.2) is 4.79 Å². The van der Waals surface area contributed by atoms with Crippen molar-refractivity contribution < 1.29 is 14.3 Å². The molecular formula is C10H22O3Si. The molecule has 3 nitrogen and oxygen atoms in total. The fraction of sp³-hybridized carbons (Fsp3) is 0.900. The van der Waals surface area contributed by atoms with E-state index in [1.54, 1.807) is 0 Å². The molecule has 0 aromatic heterocycles. The van der Waals surface area contributed by atoms with Crippen LogP contribution in [0, 0.1) is 0 Å². The average Bonchev–Trinajstić information content (AvgIpc) is 1.78. The van der Waals surface area contributed by atoms with Crippen molar-refractivity contribution in [1.29, 1.82) is 0 Å². The van der Waals surface area contributed by atoms with E-state index >= 15 is 0 Å². The average molecular weight is 218 g/mol. The number of hydrogen-bond acceptors (Lipinski definition) is 3. The Morgan fingerprint density at radius 1 is 1.21 bits per heavy atom. The molecule has 0 aliphatic heterocycles. The van der Waals surface area contributed by atoms with Crippen LogP contribution in [0.3, 0.4) is 0 Å². The third-order valence-electron chi connectivity index (χ3n) is 1.46. The first-order valence-corrected chi connectivity index (χ1v) is 8.67. The van der Waals surface area contributed by atoms with Gasteiger partial charge in [0.1, 0.15) is 5.60 Å². The van der Waals surface area contributed by atoms with Gasteiger partial charge in [-0.05, 0) is 26.8 Å². The Balaban J connectivity index is 3.66. The number of ether oxygens (including phenoxy) is 2. The maximum atomic E-state index is 11.1. The zero-order valence-corrected chi connectivity index (χ0v) is 11.1. The van der Waals surface area contributed by atoms with Gasteiger partial charge in [0, 0.05) is 8.07 Å². The third-order valence-corrected chi connectivity index (χ3v) is 3.17. The second kappa shape index (κ2) is 4.82. The minimum Gasteiger partial charge on any atom is -0.435 e. The smallest absolute Gasteiger partial charge is 0.435 e. The second-order valence-corrected chi connectivity index (χ2v) is 11.2. The minimum absolute atomic E-state index is 0.462. The quantitative estimate of drug-likeness (QED) is 0.538. The summed E-state index contributed by atoms with van der Waals surface area (Å²) in [7, 11) is -1.12. The molecule has 0 aliphatic rings. The highest BCUT2D eigenvalue weighted by Crippen LogP contribution is 2.11. The Morgan fingerprint density at radius 2 is 1.71 bits per heavy atom. The molecule has 0 saturated heterocycles. The summed E-state index contributed by atoms with van der Waals surface area (Å²) < 4.78 is 9.97. The van der Waals surface area contributed by atoms with Crippen molar-refractivity contribution in [2.24, 2.45) is 0 Å². The van der Waals surface area contributed by atoms with Crippen LogP contribution in [0.25, 0.3) is 0 Å². The summed E-state index contributed by atoms with van der Waals surface area (Å²) in [5, 5.41) is 0. The van der Waals surface area contributed by atoms with Crippen molar-refractivity contribution in [2.75, 3.05) is 6.61 Å². The fourth-order valence-electron chi connectivity index (χ4n) is 0.720. The predicted octanol–water partition coefficient (Wildman–Crippen LogP) is 3.28. The summed E-state index contributed by atoms with van der Waals surface area (Å²) in [6.45, 7) is 12.7. The molecule has 0 bridgehead atoms. The number of carbonyl (C=O) groups is 1. The summed E-state index contributed by atoms with van der Waals surface area (Å²) in [4.78, 5) is 11.1. The van der Waals surface area contributed by atoms with Gasteiger partial charge < -0.3 is 9.47 Å². The molecule has 0 unspecified atom stereocenters. The molecule has 0 rings (SSSR count). The molecule has 0 amide bonds. The van der Waals surface area contributed by atoms with E-state index in [1.165, 1.54) is 0 Å². The van der Waals surface area contributed by atoms with Crippen LogP contribution in [0.15, 0.2) is 0 Å². The first-order valence-electron chi connectivity index (χ1n) is 4.96. The van der Waals surface area contributed by atoms with E-state index in [2.05, 4.69) is 19.6 Å². The molecule has 84 valence electrons. The zero-order valence-electron chi connectivity index (χ0n) is 10.1. The van der Waals surface area contributed by atoms with Gasteiger partial charge in [-0.15, -0.1) is 0 Å². The standard InChI is InChI=1S/C10H22O3Si/c1-10(2,3)13-9(11)12-7-8-14(4,5)6/h7-8H2,1-6H3. The van der Waals surface area contributed by atoms with Crippen molar-refractivity contribution in [3.05, 3.63) is 0 Å². The highest BCUT2D eigenvalue weighted by molar-refractivity contribution is 6.76. The van der Waals surface area contributed by atoms with Crippen LogP contribution >= 0.6 is 0 Å². The van der Waals surface area contributed by atoms with Gasteiger partial charge in [0.2, 0.25) is 0 Å². The van der Waals surface area contributed by atoms with Crippen LogP contribution in [0.2, 0.25) is 25.7 Å². The molecule has 0 heterocycles. The van der Waals surface area contributed by atoms with Gasteiger partial charge >= 0.3 is 6.16 Å². The Bertz CT molecular complexity index is 189. The van der Waals surface area contributed by atoms with Crippen LogP contribution in [0.5, 0.6) is 0 Å². The van der Waals surface area contributed by atoms with Gasteiger partial charge in [-0.3, -0.25) is 0 Å². The normalized spacial score (nSPS) is 12.4. The van der Waals surface area contributed by atoms with Crippen molar-refractivity contribution in [2.45, 2.75) is 52.1 Å². The molecule has 0 fully saturated rings. The Morgan fingerprint density at radius 3 is 2.07 bits per heavy atom. The number of rotatable bonds is 3. The van der Waals surface area contributed by atoms with Crippen LogP contribution in [-0.4, -0.2) is 26.4 Å². The van der Waals surface area contributed by atoms with E-state index < -0.39 is 19.8 Å². The van der Waals surface area contributed by atoms with Crippen molar-refractivity contribution >= 4 is 14.2 Å². The monoisotopic (exact) mass is 218 g/mol. The first kappa shape index (κ1) is 13.5. The lowest BCUT2D eigenvalue weighted by Gasteiger charge is -2.20. The van der Waals surface area contributed by atoms with E-state index in [0.717, 1.165) is 6.04 Å². The first-order chi connectivity index (χ1) is 6.10. The second-order valence-electron chi connectivity index (χ2n) is 5.62. The Labute approximate surface area is 87.8 Å². The highest BCUT2D eigenvalue weighted by atomic mass is 28.3. The Hall–Kier alpha value is -0.513. The van der Waals surface area contributed by atoms with Gasteiger partial charge in [-0.2, -0.15) is 0 Å². The topological polar surface area (TPSA) is 35.5 Å². The summed E-state index contributed by atoms with van der Waals surface area (Å²) in [5.41, 5.74) is -0.462. The van der Waals surface area contributed by atoms with Crippen LogP contribution in [0.1, 0.15) is 20.8 Å². The molecule has 0 atom stereocenters. The molecule has 0 spiro atoms. The molecule has 0 aromatic rings. The molecule has 0 aromatic carbocycles. The van der Waals surface area contributed by atoms with E-state index in [1.807, 2.05) is 20.8 Å². The third kappa shape index (κ3) is 9.57. The van der Waals surface area contributed by atoms with E-state index in [-0.39, 0.29) is 0 Å².